The second-order valence-electron chi connectivity index (χ2n) is 7.62. The maximum Gasteiger partial charge on any atom is 0.119 e. The lowest BCUT2D eigenvalue weighted by atomic mass is 10.0. The van der Waals surface area contributed by atoms with Crippen molar-refractivity contribution in [2.75, 3.05) is 13.2 Å². The monoisotopic (exact) mass is 399 g/mol. The van der Waals surface area contributed by atoms with E-state index < -0.39 is 0 Å². The van der Waals surface area contributed by atoms with Crippen LogP contribution in [0, 0.1) is 0 Å². The summed E-state index contributed by atoms with van der Waals surface area (Å²) in [6.07, 6.45) is 5.99. The highest BCUT2D eigenvalue weighted by atomic mass is 16.5. The summed E-state index contributed by atoms with van der Waals surface area (Å²) in [5.41, 5.74) is 6.35. The van der Waals surface area contributed by atoms with Crippen LogP contribution in [-0.2, 0) is 19.3 Å². The summed E-state index contributed by atoms with van der Waals surface area (Å²) in [6, 6.07) is 25.7. The molecule has 0 saturated heterocycles. The largest absolute Gasteiger partial charge is 0.494 e. The van der Waals surface area contributed by atoms with Crippen molar-refractivity contribution in [3.05, 3.63) is 95.7 Å². The van der Waals surface area contributed by atoms with Crippen LogP contribution in [-0.4, -0.2) is 22.9 Å². The highest BCUT2D eigenvalue weighted by Gasteiger charge is 2.11. The van der Waals surface area contributed by atoms with Crippen LogP contribution < -0.4 is 4.74 Å². The number of fused-ring (bicyclic) bond motifs is 1. The fraction of sp³-hybridized carbons (Fsp3) is 0.259. The minimum absolute atomic E-state index is 0.228. The van der Waals surface area contributed by atoms with Gasteiger partial charge in [-0.2, -0.15) is 0 Å². The van der Waals surface area contributed by atoms with Crippen molar-refractivity contribution < 1.29 is 9.84 Å². The second-order valence-corrected chi connectivity index (χ2v) is 7.62. The van der Waals surface area contributed by atoms with Crippen molar-refractivity contribution in [2.45, 2.75) is 32.6 Å². The normalized spacial score (nSPS) is 11.1. The number of aliphatic hydroxyl groups is 1. The molecule has 0 aliphatic rings. The number of nitrogens with zero attached hydrogens (tertiary/aromatic N) is 1. The van der Waals surface area contributed by atoms with Crippen LogP contribution in [0.3, 0.4) is 0 Å². The van der Waals surface area contributed by atoms with Gasteiger partial charge in [-0.3, -0.25) is 0 Å². The van der Waals surface area contributed by atoms with Gasteiger partial charge in [-0.15, -0.1) is 0 Å². The zero-order valence-electron chi connectivity index (χ0n) is 17.6. The molecular weight excluding hydrogens is 370 g/mol. The Hall–Kier alpha value is -3.04. The highest BCUT2D eigenvalue weighted by molar-refractivity contribution is 5.86. The van der Waals surface area contributed by atoms with E-state index in [0.29, 0.717) is 6.61 Å². The van der Waals surface area contributed by atoms with E-state index >= 15 is 0 Å². The minimum Gasteiger partial charge on any atom is -0.494 e. The molecule has 0 amide bonds. The van der Waals surface area contributed by atoms with E-state index in [0.717, 1.165) is 37.1 Å². The van der Waals surface area contributed by atoms with Crippen LogP contribution in [0.1, 0.15) is 30.0 Å². The molecule has 1 aromatic heterocycles. The molecule has 1 heterocycles. The van der Waals surface area contributed by atoms with Crippen LogP contribution in [0.25, 0.3) is 16.6 Å². The van der Waals surface area contributed by atoms with Gasteiger partial charge in [0, 0.05) is 23.9 Å². The molecule has 1 N–H and O–H groups in total. The lowest BCUT2D eigenvalue weighted by molar-refractivity contribution is 0.288. The molecule has 3 nitrogen and oxygen atoms in total. The first-order valence-corrected chi connectivity index (χ1v) is 10.8. The van der Waals surface area contributed by atoms with Crippen molar-refractivity contribution in [2.24, 2.45) is 0 Å². The molecule has 0 radical (unpaired) electrons. The summed E-state index contributed by atoms with van der Waals surface area (Å²) < 4.78 is 7.88. The Kier molecular flexibility index (Phi) is 6.50. The molecule has 0 aliphatic heterocycles. The Morgan fingerprint density at radius 1 is 0.833 bits per heavy atom. The third-order valence-corrected chi connectivity index (χ3v) is 5.53. The zero-order chi connectivity index (χ0) is 20.8. The third-order valence-electron chi connectivity index (χ3n) is 5.53. The van der Waals surface area contributed by atoms with Crippen molar-refractivity contribution in [1.29, 1.82) is 0 Å². The number of aromatic nitrogens is 1. The van der Waals surface area contributed by atoms with Gasteiger partial charge in [-0.25, -0.2) is 0 Å². The van der Waals surface area contributed by atoms with Crippen molar-refractivity contribution in [3.63, 3.8) is 0 Å². The number of rotatable bonds is 9. The van der Waals surface area contributed by atoms with E-state index in [-0.39, 0.29) is 6.61 Å². The summed E-state index contributed by atoms with van der Waals surface area (Å²) in [7, 11) is 0. The van der Waals surface area contributed by atoms with Gasteiger partial charge in [0.15, 0.2) is 0 Å². The van der Waals surface area contributed by atoms with Crippen LogP contribution in [0.4, 0.5) is 0 Å². The first kappa shape index (κ1) is 20.2. The summed E-state index contributed by atoms with van der Waals surface area (Å²) in [5.74, 6) is 0.897. The summed E-state index contributed by atoms with van der Waals surface area (Å²) >= 11 is 0. The standard InChI is InChI=1S/C27H29NO2/c1-2-30-25-15-13-24(14-16-25)28-20-23(12-10-21-7-4-3-5-8-21)26-19-22(9-6-18-29)11-17-27(26)28/h3-5,7-8,11,13-17,19-20,29H,2,6,9-10,12,18H2,1H3. The van der Waals surface area contributed by atoms with Crippen LogP contribution in [0.15, 0.2) is 79.0 Å². The van der Waals surface area contributed by atoms with Gasteiger partial charge in [-0.1, -0.05) is 36.4 Å². The number of benzene rings is 3. The molecule has 0 aliphatic carbocycles. The SMILES string of the molecule is CCOc1ccc(-n2cc(CCc3ccccc3)c3cc(CCCO)ccc32)cc1. The fourth-order valence-electron chi connectivity index (χ4n) is 3.99. The Labute approximate surface area is 178 Å². The van der Waals surface area contributed by atoms with Crippen molar-refractivity contribution >= 4 is 10.9 Å². The van der Waals surface area contributed by atoms with Crippen LogP contribution in [0.2, 0.25) is 0 Å². The second kappa shape index (κ2) is 9.64. The quantitative estimate of drug-likeness (QED) is 0.389. The molecule has 0 bridgehead atoms. The summed E-state index contributed by atoms with van der Waals surface area (Å²) in [5, 5.41) is 10.5. The Bertz CT molecular complexity index is 1080. The van der Waals surface area contributed by atoms with Crippen LogP contribution in [0.5, 0.6) is 5.75 Å². The van der Waals surface area contributed by atoms with Crippen LogP contribution >= 0.6 is 0 Å². The number of hydrogen-bond donors (Lipinski definition) is 1. The van der Waals surface area contributed by atoms with Gasteiger partial charge < -0.3 is 14.4 Å². The molecule has 154 valence electrons. The first-order chi connectivity index (χ1) is 14.8. The van der Waals surface area contributed by atoms with E-state index in [9.17, 15) is 5.11 Å². The van der Waals surface area contributed by atoms with Gasteiger partial charge in [0.05, 0.1) is 12.1 Å². The van der Waals surface area contributed by atoms with E-state index in [4.69, 9.17) is 4.74 Å². The number of aryl methyl sites for hydroxylation is 3. The van der Waals surface area contributed by atoms with Crippen molar-refractivity contribution in [1.82, 2.24) is 4.57 Å². The third kappa shape index (κ3) is 4.58. The van der Waals surface area contributed by atoms with E-state index in [1.54, 1.807) is 0 Å². The maximum atomic E-state index is 9.20. The topological polar surface area (TPSA) is 34.4 Å². The number of hydrogen-bond acceptors (Lipinski definition) is 2. The average Bonchev–Trinajstić information content (AvgIpc) is 3.15. The predicted octanol–water partition coefficient (Wildman–Crippen LogP) is 5.74. The molecular formula is C27H29NO2. The molecule has 30 heavy (non-hydrogen) atoms. The molecule has 4 rings (SSSR count). The zero-order valence-corrected chi connectivity index (χ0v) is 17.6. The minimum atomic E-state index is 0.228. The van der Waals surface area contributed by atoms with Gasteiger partial charge >= 0.3 is 0 Å². The Morgan fingerprint density at radius 3 is 2.37 bits per heavy atom. The molecule has 0 spiro atoms. The molecule has 0 unspecified atom stereocenters. The molecule has 3 heteroatoms. The lowest BCUT2D eigenvalue weighted by Gasteiger charge is -2.08. The molecule has 3 aromatic carbocycles. The van der Waals surface area contributed by atoms with E-state index in [1.807, 2.05) is 19.1 Å². The lowest BCUT2D eigenvalue weighted by Crippen LogP contribution is -1.95. The molecule has 0 fully saturated rings. The first-order valence-electron chi connectivity index (χ1n) is 10.8. The Morgan fingerprint density at radius 2 is 1.63 bits per heavy atom. The van der Waals surface area contributed by atoms with Gasteiger partial charge in [0.2, 0.25) is 0 Å². The predicted molar refractivity (Wildman–Crippen MR) is 124 cm³/mol. The van der Waals surface area contributed by atoms with Crippen molar-refractivity contribution in [3.8, 4) is 11.4 Å². The highest BCUT2D eigenvalue weighted by Crippen LogP contribution is 2.28. The maximum absolute atomic E-state index is 9.20. The number of aliphatic hydroxyl groups excluding tert-OH is 1. The summed E-state index contributed by atoms with van der Waals surface area (Å²) in [4.78, 5) is 0. The fourth-order valence-corrected chi connectivity index (χ4v) is 3.99. The number of ether oxygens (including phenoxy) is 1. The van der Waals surface area contributed by atoms with E-state index in [2.05, 4.69) is 71.4 Å². The van der Waals surface area contributed by atoms with Gasteiger partial charge in [0.1, 0.15) is 5.75 Å². The van der Waals surface area contributed by atoms with E-state index in [1.165, 1.54) is 27.6 Å². The Balaban J connectivity index is 1.70. The molecule has 4 aromatic rings. The summed E-state index contributed by atoms with van der Waals surface area (Å²) in [6.45, 7) is 2.90. The van der Waals surface area contributed by atoms with Gasteiger partial charge in [-0.05, 0) is 85.7 Å². The average molecular weight is 400 g/mol. The van der Waals surface area contributed by atoms with Gasteiger partial charge in [0.25, 0.3) is 0 Å². The molecule has 0 saturated carbocycles. The smallest absolute Gasteiger partial charge is 0.119 e. The molecule has 0 atom stereocenters.